The van der Waals surface area contributed by atoms with E-state index in [1.807, 2.05) is 4.68 Å². The minimum Gasteiger partial charge on any atom is -0.383 e. The van der Waals surface area contributed by atoms with Gasteiger partial charge in [0.1, 0.15) is 0 Å². The SMILES string of the molecule is COCCNCc1nnnn1C1CCCC(C)C1C. The Bertz CT molecular complexity index is 381. The maximum atomic E-state index is 5.02. The lowest BCUT2D eigenvalue weighted by Gasteiger charge is -2.34. The highest BCUT2D eigenvalue weighted by molar-refractivity contribution is 4.89. The predicted molar refractivity (Wildman–Crippen MR) is 72.6 cm³/mol. The Morgan fingerprint density at radius 2 is 2.21 bits per heavy atom. The van der Waals surface area contributed by atoms with E-state index in [9.17, 15) is 0 Å². The zero-order valence-corrected chi connectivity index (χ0v) is 12.2. The fourth-order valence-electron chi connectivity index (χ4n) is 2.86. The van der Waals surface area contributed by atoms with Crippen LogP contribution in [-0.2, 0) is 11.3 Å². The first-order valence-corrected chi connectivity index (χ1v) is 7.20. The summed E-state index contributed by atoms with van der Waals surface area (Å²) >= 11 is 0. The number of tetrazole rings is 1. The van der Waals surface area contributed by atoms with Crippen LogP contribution >= 0.6 is 0 Å². The van der Waals surface area contributed by atoms with Crippen molar-refractivity contribution >= 4 is 0 Å². The molecule has 108 valence electrons. The molecule has 1 N–H and O–H groups in total. The van der Waals surface area contributed by atoms with Crippen LogP contribution in [0.15, 0.2) is 0 Å². The number of aromatic nitrogens is 4. The first-order chi connectivity index (χ1) is 9.24. The van der Waals surface area contributed by atoms with Crippen molar-refractivity contribution in [3.8, 4) is 0 Å². The van der Waals surface area contributed by atoms with E-state index in [-0.39, 0.29) is 0 Å². The van der Waals surface area contributed by atoms with Crippen molar-refractivity contribution in [2.75, 3.05) is 20.3 Å². The first kappa shape index (κ1) is 14.4. The zero-order valence-electron chi connectivity index (χ0n) is 12.2. The maximum Gasteiger partial charge on any atom is 0.165 e. The van der Waals surface area contributed by atoms with Gasteiger partial charge in [0.15, 0.2) is 5.82 Å². The third-order valence-corrected chi connectivity index (χ3v) is 4.31. The van der Waals surface area contributed by atoms with E-state index in [0.29, 0.717) is 25.1 Å². The Hall–Kier alpha value is -1.01. The maximum absolute atomic E-state index is 5.02. The van der Waals surface area contributed by atoms with Gasteiger partial charge in [0.25, 0.3) is 0 Å². The van der Waals surface area contributed by atoms with Gasteiger partial charge >= 0.3 is 0 Å². The fourth-order valence-corrected chi connectivity index (χ4v) is 2.86. The zero-order chi connectivity index (χ0) is 13.7. The molecule has 1 fully saturated rings. The Kier molecular flexibility index (Phi) is 5.27. The molecular formula is C13H25N5O. The van der Waals surface area contributed by atoms with E-state index in [0.717, 1.165) is 18.3 Å². The van der Waals surface area contributed by atoms with Gasteiger partial charge in [0.2, 0.25) is 0 Å². The van der Waals surface area contributed by atoms with Gasteiger partial charge in [-0.1, -0.05) is 26.7 Å². The van der Waals surface area contributed by atoms with E-state index >= 15 is 0 Å². The molecule has 0 bridgehead atoms. The number of methoxy groups -OCH3 is 1. The second-order valence-corrected chi connectivity index (χ2v) is 5.54. The van der Waals surface area contributed by atoms with Gasteiger partial charge in [-0.05, 0) is 28.7 Å². The van der Waals surface area contributed by atoms with Gasteiger partial charge in [0.05, 0.1) is 19.2 Å². The molecule has 0 radical (unpaired) electrons. The van der Waals surface area contributed by atoms with Crippen molar-refractivity contribution in [2.24, 2.45) is 11.8 Å². The lowest BCUT2D eigenvalue weighted by atomic mass is 9.78. The molecule has 0 aliphatic heterocycles. The fraction of sp³-hybridized carbons (Fsp3) is 0.923. The highest BCUT2D eigenvalue weighted by Gasteiger charge is 2.30. The molecule has 0 aromatic carbocycles. The van der Waals surface area contributed by atoms with Crippen LogP contribution in [0.25, 0.3) is 0 Å². The molecule has 1 heterocycles. The molecular weight excluding hydrogens is 242 g/mol. The minimum atomic E-state index is 0.443. The van der Waals surface area contributed by atoms with E-state index in [2.05, 4.69) is 34.7 Å². The third-order valence-electron chi connectivity index (χ3n) is 4.31. The summed E-state index contributed by atoms with van der Waals surface area (Å²) in [5, 5.41) is 15.5. The van der Waals surface area contributed by atoms with Crippen LogP contribution in [0.2, 0.25) is 0 Å². The Balaban J connectivity index is 1.98. The van der Waals surface area contributed by atoms with Crippen LogP contribution in [0.1, 0.15) is 45.0 Å². The smallest absolute Gasteiger partial charge is 0.165 e. The summed E-state index contributed by atoms with van der Waals surface area (Å²) in [7, 11) is 1.71. The molecule has 1 aromatic heterocycles. The van der Waals surface area contributed by atoms with Crippen LogP contribution in [0.3, 0.4) is 0 Å². The van der Waals surface area contributed by atoms with E-state index in [4.69, 9.17) is 4.74 Å². The molecule has 6 heteroatoms. The van der Waals surface area contributed by atoms with Crippen molar-refractivity contribution in [1.82, 2.24) is 25.5 Å². The lowest BCUT2D eigenvalue weighted by Crippen LogP contribution is -2.30. The van der Waals surface area contributed by atoms with Gasteiger partial charge in [-0.25, -0.2) is 4.68 Å². The van der Waals surface area contributed by atoms with Crippen LogP contribution in [0.4, 0.5) is 0 Å². The van der Waals surface area contributed by atoms with Crippen molar-refractivity contribution < 1.29 is 4.74 Å². The molecule has 1 aromatic rings. The average molecular weight is 267 g/mol. The largest absolute Gasteiger partial charge is 0.383 e. The number of nitrogens with zero attached hydrogens (tertiary/aromatic N) is 4. The van der Waals surface area contributed by atoms with Gasteiger partial charge < -0.3 is 10.1 Å². The van der Waals surface area contributed by atoms with Crippen LogP contribution in [-0.4, -0.2) is 40.5 Å². The monoisotopic (exact) mass is 267 g/mol. The second-order valence-electron chi connectivity index (χ2n) is 5.54. The van der Waals surface area contributed by atoms with Gasteiger partial charge in [0, 0.05) is 13.7 Å². The highest BCUT2D eigenvalue weighted by atomic mass is 16.5. The number of ether oxygens (including phenoxy) is 1. The molecule has 6 nitrogen and oxygen atoms in total. The lowest BCUT2D eigenvalue weighted by molar-refractivity contribution is 0.168. The average Bonchev–Trinajstić information content (AvgIpc) is 2.86. The summed E-state index contributed by atoms with van der Waals surface area (Å²) in [6.07, 6.45) is 3.77. The molecule has 0 saturated heterocycles. The van der Waals surface area contributed by atoms with Gasteiger partial charge in [-0.2, -0.15) is 0 Å². The van der Waals surface area contributed by atoms with E-state index < -0.39 is 0 Å². The van der Waals surface area contributed by atoms with E-state index in [1.165, 1.54) is 19.3 Å². The Morgan fingerprint density at radius 3 is 3.00 bits per heavy atom. The Morgan fingerprint density at radius 1 is 1.37 bits per heavy atom. The minimum absolute atomic E-state index is 0.443. The van der Waals surface area contributed by atoms with Crippen molar-refractivity contribution in [3.05, 3.63) is 5.82 Å². The number of rotatable bonds is 6. The number of hydrogen-bond donors (Lipinski definition) is 1. The topological polar surface area (TPSA) is 64.9 Å². The van der Waals surface area contributed by atoms with Gasteiger partial charge in [-0.15, -0.1) is 5.10 Å². The summed E-state index contributed by atoms with van der Waals surface area (Å²) in [6.45, 7) is 6.88. The standard InChI is InChI=1S/C13H25N5O/c1-10-5-4-6-12(11(10)2)18-13(15-16-17-18)9-14-7-8-19-3/h10-12,14H,4-9H2,1-3H3. The summed E-state index contributed by atoms with van der Waals surface area (Å²) in [5.74, 6) is 2.31. The number of hydrogen-bond acceptors (Lipinski definition) is 5. The van der Waals surface area contributed by atoms with E-state index in [1.54, 1.807) is 7.11 Å². The highest BCUT2D eigenvalue weighted by Crippen LogP contribution is 2.37. The number of nitrogens with one attached hydrogen (secondary N) is 1. The summed E-state index contributed by atoms with van der Waals surface area (Å²) in [4.78, 5) is 0. The molecule has 1 aliphatic carbocycles. The van der Waals surface area contributed by atoms with Crippen molar-refractivity contribution in [1.29, 1.82) is 0 Å². The molecule has 1 aliphatic rings. The molecule has 2 rings (SSSR count). The normalized spacial score (nSPS) is 27.6. The van der Waals surface area contributed by atoms with Gasteiger partial charge in [-0.3, -0.25) is 0 Å². The molecule has 3 atom stereocenters. The molecule has 0 spiro atoms. The van der Waals surface area contributed by atoms with Crippen molar-refractivity contribution in [3.63, 3.8) is 0 Å². The second kappa shape index (κ2) is 6.96. The van der Waals surface area contributed by atoms with Crippen molar-refractivity contribution in [2.45, 2.75) is 45.7 Å². The first-order valence-electron chi connectivity index (χ1n) is 7.20. The predicted octanol–water partition coefficient (Wildman–Crippen LogP) is 1.41. The molecule has 0 amide bonds. The quantitative estimate of drug-likeness (QED) is 0.789. The summed E-state index contributed by atoms with van der Waals surface area (Å²) < 4.78 is 7.05. The molecule has 3 unspecified atom stereocenters. The van der Waals surface area contributed by atoms with Crippen LogP contribution in [0, 0.1) is 11.8 Å². The summed E-state index contributed by atoms with van der Waals surface area (Å²) in [6, 6.07) is 0.443. The summed E-state index contributed by atoms with van der Waals surface area (Å²) in [5.41, 5.74) is 0. The Labute approximate surface area is 114 Å². The molecule has 19 heavy (non-hydrogen) atoms. The van der Waals surface area contributed by atoms with Crippen LogP contribution < -0.4 is 5.32 Å². The van der Waals surface area contributed by atoms with Crippen LogP contribution in [0.5, 0.6) is 0 Å². The molecule has 1 saturated carbocycles. The third kappa shape index (κ3) is 3.51.